The summed E-state index contributed by atoms with van der Waals surface area (Å²) >= 11 is 8.69. The van der Waals surface area contributed by atoms with Crippen LogP contribution in [-0.2, 0) is 0 Å². The van der Waals surface area contributed by atoms with Crippen molar-refractivity contribution in [3.8, 4) is 5.75 Å². The maximum absolute atomic E-state index is 9.86. The van der Waals surface area contributed by atoms with Crippen molar-refractivity contribution in [1.82, 2.24) is 10.2 Å². The van der Waals surface area contributed by atoms with Crippen molar-refractivity contribution in [1.29, 1.82) is 0 Å². The molecule has 2 aromatic rings. The summed E-state index contributed by atoms with van der Waals surface area (Å²) in [5, 5.41) is 22.1. The van der Waals surface area contributed by atoms with Crippen LogP contribution in [-0.4, -0.2) is 40.8 Å². The van der Waals surface area contributed by atoms with Gasteiger partial charge in [-0.2, -0.15) is 0 Å². The second-order valence-electron chi connectivity index (χ2n) is 3.85. The van der Waals surface area contributed by atoms with Gasteiger partial charge in [-0.1, -0.05) is 34.7 Å². The van der Waals surface area contributed by atoms with E-state index in [2.05, 4.69) is 15.5 Å². The lowest BCUT2D eigenvalue weighted by molar-refractivity contribution is 0.126. The molecular formula is C12H14ClN3O2S2. The number of aromatic nitrogens is 2. The quantitative estimate of drug-likeness (QED) is 0.760. The Morgan fingerprint density at radius 1 is 1.40 bits per heavy atom. The molecule has 8 heteroatoms. The minimum atomic E-state index is -0.572. The number of nitrogens with zero attached hydrogens (tertiary/aromatic N) is 2. The third kappa shape index (κ3) is 4.82. The Hall–Kier alpha value is -1.02. The molecule has 1 aromatic carbocycles. The first-order valence-corrected chi connectivity index (χ1v) is 8.06. The average Bonchev–Trinajstić information content (AvgIpc) is 2.92. The molecule has 20 heavy (non-hydrogen) atoms. The number of rotatable bonds is 7. The fourth-order valence-corrected chi connectivity index (χ4v) is 3.07. The second-order valence-corrected chi connectivity index (χ2v) is 6.53. The topological polar surface area (TPSA) is 67.3 Å². The summed E-state index contributed by atoms with van der Waals surface area (Å²) in [5.74, 6) is 1.19. The van der Waals surface area contributed by atoms with Crippen LogP contribution in [0.15, 0.2) is 28.6 Å². The number of hydrogen-bond acceptors (Lipinski definition) is 7. The molecule has 1 unspecified atom stereocenters. The monoisotopic (exact) mass is 331 g/mol. The van der Waals surface area contributed by atoms with E-state index in [0.717, 1.165) is 9.47 Å². The zero-order valence-corrected chi connectivity index (χ0v) is 13.1. The third-order valence-corrected chi connectivity index (χ3v) is 4.75. The Morgan fingerprint density at radius 2 is 2.15 bits per heavy atom. The summed E-state index contributed by atoms with van der Waals surface area (Å²) in [7, 11) is 1.80. The van der Waals surface area contributed by atoms with Crippen molar-refractivity contribution >= 4 is 39.8 Å². The number of aliphatic hydroxyl groups excluding tert-OH is 1. The lowest BCUT2D eigenvalue weighted by Crippen LogP contribution is -2.19. The van der Waals surface area contributed by atoms with Crippen LogP contribution >= 0.6 is 34.7 Å². The number of aliphatic hydroxyl groups is 1. The molecule has 0 aliphatic heterocycles. The highest BCUT2D eigenvalue weighted by molar-refractivity contribution is 8.01. The van der Waals surface area contributed by atoms with Crippen molar-refractivity contribution in [3.05, 3.63) is 29.3 Å². The molecular weight excluding hydrogens is 318 g/mol. The van der Waals surface area contributed by atoms with E-state index >= 15 is 0 Å². The summed E-state index contributed by atoms with van der Waals surface area (Å²) < 4.78 is 6.29. The second kappa shape index (κ2) is 7.68. The van der Waals surface area contributed by atoms with Gasteiger partial charge >= 0.3 is 0 Å². The molecule has 0 fully saturated rings. The molecule has 0 saturated heterocycles. The van der Waals surface area contributed by atoms with Crippen LogP contribution in [0, 0.1) is 0 Å². The van der Waals surface area contributed by atoms with Crippen LogP contribution in [0.1, 0.15) is 0 Å². The molecule has 0 amide bonds. The van der Waals surface area contributed by atoms with Crippen molar-refractivity contribution in [2.45, 2.75) is 10.4 Å². The Labute approximate surface area is 130 Å². The Bertz CT molecular complexity index is 536. The highest BCUT2D eigenvalue weighted by atomic mass is 35.5. The van der Waals surface area contributed by atoms with Crippen molar-refractivity contribution in [3.63, 3.8) is 0 Å². The normalized spacial score (nSPS) is 12.2. The molecule has 1 atom stereocenters. The Balaban J connectivity index is 1.72. The minimum Gasteiger partial charge on any atom is -0.491 e. The van der Waals surface area contributed by atoms with Crippen molar-refractivity contribution in [2.24, 2.45) is 0 Å². The molecule has 1 aromatic heterocycles. The highest BCUT2D eigenvalue weighted by Crippen LogP contribution is 2.25. The van der Waals surface area contributed by atoms with Crippen molar-refractivity contribution in [2.75, 3.05) is 24.7 Å². The zero-order chi connectivity index (χ0) is 14.4. The molecule has 2 N–H and O–H groups in total. The van der Waals surface area contributed by atoms with Gasteiger partial charge in [0.05, 0.1) is 6.10 Å². The molecule has 0 radical (unpaired) electrons. The molecule has 0 aliphatic carbocycles. The van der Waals surface area contributed by atoms with Crippen LogP contribution in [0.3, 0.4) is 0 Å². The first kappa shape index (κ1) is 15.4. The number of hydrogen-bond donors (Lipinski definition) is 2. The third-order valence-electron chi connectivity index (χ3n) is 2.28. The van der Waals surface area contributed by atoms with Crippen LogP contribution < -0.4 is 10.1 Å². The number of thioether (sulfide) groups is 1. The predicted molar refractivity (Wildman–Crippen MR) is 83.1 cm³/mol. The van der Waals surface area contributed by atoms with Crippen LogP contribution in [0.4, 0.5) is 5.13 Å². The Morgan fingerprint density at radius 3 is 2.80 bits per heavy atom. The number of benzene rings is 1. The van der Waals surface area contributed by atoms with E-state index in [1.807, 2.05) is 0 Å². The van der Waals surface area contributed by atoms with Crippen LogP contribution in [0.5, 0.6) is 5.75 Å². The van der Waals surface area contributed by atoms with Gasteiger partial charge in [-0.05, 0) is 24.3 Å². The summed E-state index contributed by atoms with van der Waals surface area (Å²) in [4.78, 5) is 0. The molecule has 0 spiro atoms. The average molecular weight is 332 g/mol. The van der Waals surface area contributed by atoms with Gasteiger partial charge in [-0.25, -0.2) is 0 Å². The van der Waals surface area contributed by atoms with Crippen LogP contribution in [0.25, 0.3) is 0 Å². The van der Waals surface area contributed by atoms with E-state index in [9.17, 15) is 5.11 Å². The number of nitrogens with one attached hydrogen (secondary N) is 1. The summed E-state index contributed by atoms with van der Waals surface area (Å²) in [6.07, 6.45) is -0.572. The number of halogens is 1. The number of anilines is 1. The van der Waals surface area contributed by atoms with E-state index in [1.165, 1.54) is 23.1 Å². The SMILES string of the molecule is CNc1nnc(SCC(O)COc2ccc(Cl)cc2)s1. The van der Waals surface area contributed by atoms with Gasteiger partial charge < -0.3 is 15.2 Å². The van der Waals surface area contributed by atoms with E-state index in [1.54, 1.807) is 31.3 Å². The van der Waals surface area contributed by atoms with Gasteiger partial charge in [-0.3, -0.25) is 0 Å². The van der Waals surface area contributed by atoms with Gasteiger partial charge in [-0.15, -0.1) is 10.2 Å². The van der Waals surface area contributed by atoms with Gasteiger partial charge in [0.1, 0.15) is 12.4 Å². The van der Waals surface area contributed by atoms with E-state index in [-0.39, 0.29) is 6.61 Å². The summed E-state index contributed by atoms with van der Waals surface area (Å²) in [6, 6.07) is 7.04. The Kier molecular flexibility index (Phi) is 5.90. The fraction of sp³-hybridized carbons (Fsp3) is 0.333. The van der Waals surface area contributed by atoms with E-state index in [0.29, 0.717) is 16.5 Å². The molecule has 2 rings (SSSR count). The molecule has 108 valence electrons. The molecule has 0 saturated carbocycles. The standard InChI is InChI=1S/C12H14ClN3O2S2/c1-14-11-15-16-12(20-11)19-7-9(17)6-18-10-4-2-8(13)3-5-10/h2-5,9,17H,6-7H2,1H3,(H,14,15). The first-order chi connectivity index (χ1) is 9.67. The largest absolute Gasteiger partial charge is 0.491 e. The zero-order valence-electron chi connectivity index (χ0n) is 10.7. The maximum atomic E-state index is 9.86. The van der Waals surface area contributed by atoms with E-state index in [4.69, 9.17) is 16.3 Å². The maximum Gasteiger partial charge on any atom is 0.206 e. The highest BCUT2D eigenvalue weighted by Gasteiger charge is 2.09. The number of ether oxygens (including phenoxy) is 1. The van der Waals surface area contributed by atoms with Gasteiger partial charge in [0.15, 0.2) is 4.34 Å². The van der Waals surface area contributed by atoms with Crippen molar-refractivity contribution < 1.29 is 9.84 Å². The molecule has 5 nitrogen and oxygen atoms in total. The lowest BCUT2D eigenvalue weighted by Gasteiger charge is -2.11. The first-order valence-electron chi connectivity index (χ1n) is 5.88. The van der Waals surface area contributed by atoms with E-state index < -0.39 is 6.10 Å². The van der Waals surface area contributed by atoms with Gasteiger partial charge in [0.2, 0.25) is 5.13 Å². The predicted octanol–water partition coefficient (Wildman–Crippen LogP) is 2.77. The van der Waals surface area contributed by atoms with Gasteiger partial charge in [0, 0.05) is 17.8 Å². The minimum absolute atomic E-state index is 0.228. The van der Waals surface area contributed by atoms with Crippen LogP contribution in [0.2, 0.25) is 5.02 Å². The molecule has 0 aliphatic rings. The summed E-state index contributed by atoms with van der Waals surface area (Å²) in [5.41, 5.74) is 0. The lowest BCUT2D eigenvalue weighted by atomic mass is 10.3. The summed E-state index contributed by atoms with van der Waals surface area (Å²) in [6.45, 7) is 0.228. The van der Waals surface area contributed by atoms with Gasteiger partial charge in [0.25, 0.3) is 0 Å². The fourth-order valence-electron chi connectivity index (χ4n) is 1.31. The smallest absolute Gasteiger partial charge is 0.206 e. The molecule has 0 bridgehead atoms. The molecule has 1 heterocycles.